The first kappa shape index (κ1) is 15.8. The number of rotatable bonds is 3. The number of imidazole rings is 1. The molecule has 1 heterocycles. The summed E-state index contributed by atoms with van der Waals surface area (Å²) < 4.78 is 0. The molecule has 1 aromatic heterocycles. The lowest BCUT2D eigenvalue weighted by atomic mass is 10.0. The van der Waals surface area contributed by atoms with Crippen LogP contribution in [0.4, 0.5) is 23.0 Å². The Bertz CT molecular complexity index is 866. The van der Waals surface area contributed by atoms with Crippen molar-refractivity contribution >= 4 is 23.0 Å². The van der Waals surface area contributed by atoms with Crippen molar-refractivity contribution in [3.63, 3.8) is 0 Å². The van der Waals surface area contributed by atoms with E-state index in [1.807, 2.05) is 18.2 Å². The Kier molecular flexibility index (Phi) is 3.96. The van der Waals surface area contributed by atoms with Crippen LogP contribution in [-0.2, 0) is 12.8 Å². The molecule has 0 saturated carbocycles. The predicted octanol–water partition coefficient (Wildman–Crippen LogP) is 4.96. The fourth-order valence-corrected chi connectivity index (χ4v) is 3.72. The Balaban J connectivity index is 1.91. The smallest absolute Gasteiger partial charge is 0.212 e. The van der Waals surface area contributed by atoms with Crippen molar-refractivity contribution < 1.29 is 0 Å². The van der Waals surface area contributed by atoms with Crippen molar-refractivity contribution in [3.8, 4) is 0 Å². The number of aromatic amines is 1. The highest BCUT2D eigenvalue weighted by atomic mass is 15.3. The highest BCUT2D eigenvalue weighted by molar-refractivity contribution is 5.78. The molecule has 0 aliphatic heterocycles. The molecule has 1 aliphatic rings. The summed E-state index contributed by atoms with van der Waals surface area (Å²) in [5.41, 5.74) is 13.9. The number of H-pyrrole nitrogens is 1. The van der Waals surface area contributed by atoms with Gasteiger partial charge in [-0.3, -0.25) is 4.90 Å². The summed E-state index contributed by atoms with van der Waals surface area (Å²) in [6.45, 7) is 4.29. The summed E-state index contributed by atoms with van der Waals surface area (Å²) in [4.78, 5) is 10.7. The molecule has 0 bridgehead atoms. The number of aromatic nitrogens is 2. The first-order valence-corrected chi connectivity index (χ1v) is 8.93. The molecule has 1 aliphatic carbocycles. The van der Waals surface area contributed by atoms with Crippen LogP contribution < -0.4 is 10.6 Å². The third-order valence-corrected chi connectivity index (χ3v) is 4.95. The first-order chi connectivity index (χ1) is 12.1. The van der Waals surface area contributed by atoms with Crippen LogP contribution in [0.15, 0.2) is 42.5 Å². The van der Waals surface area contributed by atoms with Gasteiger partial charge in [0.05, 0.1) is 17.1 Å². The van der Waals surface area contributed by atoms with Crippen LogP contribution in [0.3, 0.4) is 0 Å². The molecule has 2 aromatic carbocycles. The number of anilines is 4. The molecule has 3 N–H and O–H groups in total. The Labute approximate surface area is 148 Å². The lowest BCUT2D eigenvalue weighted by Gasteiger charge is -2.26. The molecule has 0 fully saturated rings. The van der Waals surface area contributed by atoms with Gasteiger partial charge >= 0.3 is 0 Å². The fraction of sp³-hybridized carbons (Fsp3) is 0.286. The number of nitrogen functional groups attached to an aromatic ring is 1. The molecule has 0 spiro atoms. The Morgan fingerprint density at radius 3 is 2.44 bits per heavy atom. The van der Waals surface area contributed by atoms with Crippen LogP contribution in [0.2, 0.25) is 0 Å². The molecule has 4 rings (SSSR count). The fourth-order valence-electron chi connectivity index (χ4n) is 3.72. The largest absolute Gasteiger partial charge is 0.399 e. The van der Waals surface area contributed by atoms with E-state index >= 15 is 0 Å². The zero-order valence-corrected chi connectivity index (χ0v) is 14.8. The molecule has 4 heteroatoms. The minimum absolute atomic E-state index is 0.755. The van der Waals surface area contributed by atoms with E-state index in [2.05, 4.69) is 48.0 Å². The molecule has 0 saturated heterocycles. The molecule has 0 amide bonds. The van der Waals surface area contributed by atoms with Crippen molar-refractivity contribution in [2.24, 2.45) is 0 Å². The molecule has 3 aromatic rings. The maximum atomic E-state index is 6.07. The van der Waals surface area contributed by atoms with Gasteiger partial charge in [-0.05, 0) is 68.9 Å². The van der Waals surface area contributed by atoms with Crippen LogP contribution in [-0.4, -0.2) is 9.97 Å². The Morgan fingerprint density at radius 1 is 1.00 bits per heavy atom. The lowest BCUT2D eigenvalue weighted by Crippen LogP contribution is -2.14. The van der Waals surface area contributed by atoms with E-state index in [0.29, 0.717) is 0 Å². The van der Waals surface area contributed by atoms with Crippen molar-refractivity contribution in [3.05, 3.63) is 65.0 Å². The number of nitrogens with one attached hydrogen (secondary N) is 1. The van der Waals surface area contributed by atoms with Gasteiger partial charge in [0.1, 0.15) is 0 Å². The van der Waals surface area contributed by atoms with E-state index in [9.17, 15) is 0 Å². The van der Waals surface area contributed by atoms with Gasteiger partial charge in [-0.25, -0.2) is 4.98 Å². The van der Waals surface area contributed by atoms with E-state index in [-0.39, 0.29) is 0 Å². The highest BCUT2D eigenvalue weighted by Gasteiger charge is 2.22. The van der Waals surface area contributed by atoms with Crippen LogP contribution in [0, 0.1) is 13.8 Å². The summed E-state index contributed by atoms with van der Waals surface area (Å²) in [7, 11) is 0. The predicted molar refractivity (Wildman–Crippen MR) is 104 cm³/mol. The average Bonchev–Trinajstić information content (AvgIpc) is 3.01. The number of aryl methyl sites for hydroxylation is 4. The van der Waals surface area contributed by atoms with Crippen LogP contribution in [0.5, 0.6) is 0 Å². The molecule has 0 radical (unpaired) electrons. The van der Waals surface area contributed by atoms with Crippen LogP contribution in [0.25, 0.3) is 0 Å². The highest BCUT2D eigenvalue weighted by Crippen LogP contribution is 2.38. The molecular weight excluding hydrogens is 308 g/mol. The van der Waals surface area contributed by atoms with Crippen molar-refractivity contribution in [2.75, 3.05) is 10.6 Å². The summed E-state index contributed by atoms with van der Waals surface area (Å²) in [5, 5.41) is 0. The maximum absolute atomic E-state index is 6.07. The van der Waals surface area contributed by atoms with Crippen molar-refractivity contribution in [1.82, 2.24) is 9.97 Å². The Morgan fingerprint density at radius 2 is 1.72 bits per heavy atom. The maximum Gasteiger partial charge on any atom is 0.212 e. The van der Waals surface area contributed by atoms with Gasteiger partial charge in [0.15, 0.2) is 0 Å². The number of benzene rings is 2. The van der Waals surface area contributed by atoms with E-state index in [1.54, 1.807) is 0 Å². The monoisotopic (exact) mass is 332 g/mol. The van der Waals surface area contributed by atoms with Gasteiger partial charge in [0.2, 0.25) is 5.95 Å². The second-order valence-electron chi connectivity index (χ2n) is 6.86. The van der Waals surface area contributed by atoms with Gasteiger partial charge in [0.25, 0.3) is 0 Å². The van der Waals surface area contributed by atoms with E-state index in [1.165, 1.54) is 41.0 Å². The summed E-state index contributed by atoms with van der Waals surface area (Å²) in [5.74, 6) is 0.884. The minimum Gasteiger partial charge on any atom is -0.399 e. The SMILES string of the molecule is Cc1cccc(C)c1N(c1cccc(N)c1)c1nc2c([nH]1)CCCC2. The van der Waals surface area contributed by atoms with Gasteiger partial charge in [0, 0.05) is 11.4 Å². The molecule has 0 unspecified atom stereocenters. The van der Waals surface area contributed by atoms with Crippen LogP contribution in [0.1, 0.15) is 35.4 Å². The standard InChI is InChI=1S/C21H24N4/c1-14-7-5-8-15(2)20(14)25(17-10-6-9-16(22)13-17)21-23-18-11-3-4-12-19(18)24-21/h5-10,13H,3-4,11-12,22H2,1-2H3,(H,23,24). The number of nitrogens with zero attached hydrogens (tertiary/aromatic N) is 2. The molecular formula is C21H24N4. The van der Waals surface area contributed by atoms with Gasteiger partial charge in [-0.15, -0.1) is 0 Å². The minimum atomic E-state index is 0.755. The summed E-state index contributed by atoms with van der Waals surface area (Å²) in [6.07, 6.45) is 4.60. The number of hydrogen-bond donors (Lipinski definition) is 2. The average molecular weight is 332 g/mol. The lowest BCUT2D eigenvalue weighted by molar-refractivity contribution is 0.667. The van der Waals surface area contributed by atoms with Gasteiger partial charge < -0.3 is 10.7 Å². The second kappa shape index (κ2) is 6.28. The second-order valence-corrected chi connectivity index (χ2v) is 6.86. The van der Waals surface area contributed by atoms with E-state index in [0.717, 1.165) is 30.2 Å². The van der Waals surface area contributed by atoms with Crippen molar-refractivity contribution in [2.45, 2.75) is 39.5 Å². The third-order valence-electron chi connectivity index (χ3n) is 4.95. The zero-order valence-electron chi connectivity index (χ0n) is 14.8. The number of para-hydroxylation sites is 1. The number of nitrogens with two attached hydrogens (primary N) is 1. The van der Waals surface area contributed by atoms with Crippen LogP contribution >= 0.6 is 0 Å². The van der Waals surface area contributed by atoms with E-state index < -0.39 is 0 Å². The zero-order chi connectivity index (χ0) is 17.4. The topological polar surface area (TPSA) is 57.9 Å². The summed E-state index contributed by atoms with van der Waals surface area (Å²) in [6, 6.07) is 14.4. The molecule has 4 nitrogen and oxygen atoms in total. The van der Waals surface area contributed by atoms with Gasteiger partial charge in [-0.1, -0.05) is 24.3 Å². The molecule has 128 valence electrons. The molecule has 25 heavy (non-hydrogen) atoms. The Hall–Kier alpha value is -2.75. The van der Waals surface area contributed by atoms with Gasteiger partial charge in [-0.2, -0.15) is 0 Å². The van der Waals surface area contributed by atoms with E-state index in [4.69, 9.17) is 10.7 Å². The third kappa shape index (κ3) is 2.88. The normalized spacial score (nSPS) is 13.5. The number of hydrogen-bond acceptors (Lipinski definition) is 3. The quantitative estimate of drug-likeness (QED) is 0.667. The summed E-state index contributed by atoms with van der Waals surface area (Å²) >= 11 is 0. The molecule has 0 atom stereocenters. The van der Waals surface area contributed by atoms with Crippen molar-refractivity contribution in [1.29, 1.82) is 0 Å². The number of fused-ring (bicyclic) bond motifs is 1. The first-order valence-electron chi connectivity index (χ1n) is 8.93.